The molecule has 0 aliphatic rings. The Hall–Kier alpha value is -1.40. The maximum absolute atomic E-state index is 12.6. The first kappa shape index (κ1) is 16.0. The van der Waals surface area contributed by atoms with Crippen molar-refractivity contribution >= 4 is 11.3 Å². The van der Waals surface area contributed by atoms with E-state index in [4.69, 9.17) is 0 Å². The number of benzene rings is 1. The van der Waals surface area contributed by atoms with Gasteiger partial charge in [-0.3, -0.25) is 0 Å². The van der Waals surface area contributed by atoms with E-state index in [1.807, 2.05) is 19.2 Å². The summed E-state index contributed by atoms with van der Waals surface area (Å²) in [5, 5.41) is 6.16. The van der Waals surface area contributed by atoms with Crippen LogP contribution >= 0.6 is 11.3 Å². The number of thiazole rings is 1. The van der Waals surface area contributed by atoms with Crippen molar-refractivity contribution in [3.63, 3.8) is 0 Å². The largest absolute Gasteiger partial charge is 0.416 e. The maximum atomic E-state index is 12.6. The number of hydrogen-bond acceptors (Lipinski definition) is 3. The van der Waals surface area contributed by atoms with E-state index in [-0.39, 0.29) is 6.04 Å². The molecular formula is C15H17F3N2S. The highest BCUT2D eigenvalue weighted by atomic mass is 32.1. The second-order valence-electron chi connectivity index (χ2n) is 4.83. The van der Waals surface area contributed by atoms with Crippen LogP contribution in [0.3, 0.4) is 0 Å². The van der Waals surface area contributed by atoms with Gasteiger partial charge in [0.1, 0.15) is 5.01 Å². The van der Waals surface area contributed by atoms with Gasteiger partial charge in [-0.1, -0.05) is 19.1 Å². The van der Waals surface area contributed by atoms with E-state index >= 15 is 0 Å². The van der Waals surface area contributed by atoms with Gasteiger partial charge in [0.05, 0.1) is 11.6 Å². The lowest BCUT2D eigenvalue weighted by Crippen LogP contribution is -2.23. The zero-order chi connectivity index (χ0) is 15.5. The van der Waals surface area contributed by atoms with E-state index in [1.54, 1.807) is 0 Å². The number of nitrogens with one attached hydrogen (secondary N) is 1. The smallest absolute Gasteiger partial charge is 0.304 e. The minimum absolute atomic E-state index is 0.161. The lowest BCUT2D eigenvalue weighted by atomic mass is 10.0. The van der Waals surface area contributed by atoms with Crippen molar-refractivity contribution < 1.29 is 13.2 Å². The third-order valence-electron chi connectivity index (χ3n) is 3.05. The molecule has 1 aromatic heterocycles. The summed E-state index contributed by atoms with van der Waals surface area (Å²) in [5.74, 6) is 0. The highest BCUT2D eigenvalue weighted by Gasteiger charge is 2.30. The molecule has 0 spiro atoms. The summed E-state index contributed by atoms with van der Waals surface area (Å²) >= 11 is 1.52. The van der Waals surface area contributed by atoms with Crippen LogP contribution in [0.15, 0.2) is 29.6 Å². The van der Waals surface area contributed by atoms with E-state index in [9.17, 15) is 13.2 Å². The van der Waals surface area contributed by atoms with Gasteiger partial charge in [0.15, 0.2) is 0 Å². The third-order valence-corrected chi connectivity index (χ3v) is 4.08. The summed E-state index contributed by atoms with van der Waals surface area (Å²) in [4.78, 5) is 4.45. The Kier molecular flexibility index (Phi) is 5.00. The summed E-state index contributed by atoms with van der Waals surface area (Å²) in [5.41, 5.74) is 1.09. The van der Waals surface area contributed by atoms with Crippen LogP contribution in [0.4, 0.5) is 13.2 Å². The molecule has 1 unspecified atom stereocenters. The molecule has 6 heteroatoms. The van der Waals surface area contributed by atoms with E-state index in [1.165, 1.54) is 23.5 Å². The van der Waals surface area contributed by atoms with Gasteiger partial charge in [-0.25, -0.2) is 4.98 Å². The predicted octanol–water partition coefficient (Wildman–Crippen LogP) is 4.56. The highest BCUT2D eigenvalue weighted by molar-refractivity contribution is 7.09. The van der Waals surface area contributed by atoms with Crippen molar-refractivity contribution in [3.8, 4) is 0 Å². The lowest BCUT2D eigenvalue weighted by molar-refractivity contribution is -0.137. The molecule has 0 bridgehead atoms. The molecule has 2 aromatic rings. The summed E-state index contributed by atoms with van der Waals surface area (Å²) in [6.45, 7) is 4.73. The van der Waals surface area contributed by atoms with Gasteiger partial charge in [-0.15, -0.1) is 11.3 Å². The molecule has 21 heavy (non-hydrogen) atoms. The van der Waals surface area contributed by atoms with Crippen molar-refractivity contribution in [2.75, 3.05) is 6.54 Å². The van der Waals surface area contributed by atoms with Crippen molar-refractivity contribution in [1.82, 2.24) is 10.3 Å². The molecule has 0 saturated carbocycles. The van der Waals surface area contributed by atoms with Crippen LogP contribution in [-0.2, 0) is 6.18 Å². The fourth-order valence-corrected chi connectivity index (χ4v) is 2.90. The van der Waals surface area contributed by atoms with Crippen LogP contribution in [0.2, 0.25) is 0 Å². The molecule has 0 amide bonds. The Bertz CT molecular complexity index is 575. The summed E-state index contributed by atoms with van der Waals surface area (Å²) in [7, 11) is 0. The number of rotatable bonds is 5. The normalized spacial score (nSPS) is 13.4. The first-order chi connectivity index (χ1) is 9.91. The van der Waals surface area contributed by atoms with Crippen LogP contribution in [-0.4, -0.2) is 11.5 Å². The standard InChI is InChI=1S/C15H17F3N2S/c1-3-8-19-13(14-20-10(2)9-21-14)11-4-6-12(7-5-11)15(16,17)18/h4-7,9,13,19H,3,8H2,1-2H3. The van der Waals surface area contributed by atoms with E-state index in [2.05, 4.69) is 10.3 Å². The monoisotopic (exact) mass is 314 g/mol. The van der Waals surface area contributed by atoms with Gasteiger partial charge < -0.3 is 5.32 Å². The molecule has 1 N–H and O–H groups in total. The van der Waals surface area contributed by atoms with E-state index in [0.717, 1.165) is 41.4 Å². The van der Waals surface area contributed by atoms with Crippen molar-refractivity contribution in [1.29, 1.82) is 0 Å². The first-order valence-electron chi connectivity index (χ1n) is 6.74. The van der Waals surface area contributed by atoms with E-state index < -0.39 is 11.7 Å². The molecule has 1 aromatic carbocycles. The van der Waals surface area contributed by atoms with Crippen molar-refractivity contribution in [3.05, 3.63) is 51.5 Å². The summed E-state index contributed by atoms with van der Waals surface area (Å²) in [6, 6.07) is 5.12. The van der Waals surface area contributed by atoms with Gasteiger partial charge in [0.2, 0.25) is 0 Å². The first-order valence-corrected chi connectivity index (χ1v) is 7.62. The van der Waals surface area contributed by atoms with Gasteiger partial charge in [-0.2, -0.15) is 13.2 Å². The van der Waals surface area contributed by atoms with Gasteiger partial charge >= 0.3 is 6.18 Å². The number of alkyl halides is 3. The Morgan fingerprint density at radius 2 is 1.90 bits per heavy atom. The van der Waals surface area contributed by atoms with Crippen LogP contribution in [0.1, 0.15) is 41.2 Å². The van der Waals surface area contributed by atoms with Crippen LogP contribution in [0, 0.1) is 6.92 Å². The van der Waals surface area contributed by atoms with Gasteiger partial charge in [-0.05, 0) is 37.6 Å². The molecule has 0 aliphatic carbocycles. The number of aryl methyl sites for hydroxylation is 1. The van der Waals surface area contributed by atoms with Crippen LogP contribution in [0.5, 0.6) is 0 Å². The Balaban J connectivity index is 2.28. The average Bonchev–Trinajstić information content (AvgIpc) is 2.85. The molecule has 114 valence electrons. The van der Waals surface area contributed by atoms with Gasteiger partial charge in [0, 0.05) is 11.1 Å². The molecule has 2 rings (SSSR count). The molecule has 1 atom stereocenters. The summed E-state index contributed by atoms with van der Waals surface area (Å²) in [6.07, 6.45) is -3.36. The van der Waals surface area contributed by atoms with Crippen LogP contribution in [0.25, 0.3) is 0 Å². The number of nitrogens with zero attached hydrogens (tertiary/aromatic N) is 1. The van der Waals surface area contributed by atoms with E-state index in [0.29, 0.717) is 0 Å². The fourth-order valence-electron chi connectivity index (χ4n) is 2.01. The Labute approximate surface area is 126 Å². The molecule has 1 heterocycles. The quantitative estimate of drug-likeness (QED) is 0.875. The fraction of sp³-hybridized carbons (Fsp3) is 0.400. The molecule has 0 fully saturated rings. The SMILES string of the molecule is CCCNC(c1ccc(C(F)(F)F)cc1)c1nc(C)cs1. The van der Waals surface area contributed by atoms with Crippen molar-refractivity contribution in [2.45, 2.75) is 32.5 Å². The lowest BCUT2D eigenvalue weighted by Gasteiger charge is -2.17. The van der Waals surface area contributed by atoms with Crippen molar-refractivity contribution in [2.24, 2.45) is 0 Å². The molecule has 0 radical (unpaired) electrons. The molecular weight excluding hydrogens is 297 g/mol. The average molecular weight is 314 g/mol. The number of hydrogen-bond donors (Lipinski definition) is 1. The van der Waals surface area contributed by atoms with Crippen LogP contribution < -0.4 is 5.32 Å². The number of aromatic nitrogens is 1. The zero-order valence-electron chi connectivity index (χ0n) is 11.9. The zero-order valence-corrected chi connectivity index (χ0v) is 12.7. The molecule has 0 saturated heterocycles. The highest BCUT2D eigenvalue weighted by Crippen LogP contribution is 2.31. The maximum Gasteiger partial charge on any atom is 0.416 e. The molecule has 2 nitrogen and oxygen atoms in total. The topological polar surface area (TPSA) is 24.9 Å². The Morgan fingerprint density at radius 3 is 2.38 bits per heavy atom. The summed E-state index contributed by atoms with van der Waals surface area (Å²) < 4.78 is 37.9. The Morgan fingerprint density at radius 1 is 1.24 bits per heavy atom. The second kappa shape index (κ2) is 6.58. The molecule has 0 aliphatic heterocycles. The predicted molar refractivity (Wildman–Crippen MR) is 78.4 cm³/mol. The second-order valence-corrected chi connectivity index (χ2v) is 5.72. The number of halogens is 3. The third kappa shape index (κ3) is 4.04. The minimum Gasteiger partial charge on any atom is -0.304 e. The minimum atomic E-state index is -4.30. The van der Waals surface area contributed by atoms with Gasteiger partial charge in [0.25, 0.3) is 0 Å².